The molecule has 2 fully saturated rings. The van der Waals surface area contributed by atoms with Crippen molar-refractivity contribution in [2.24, 2.45) is 5.92 Å². The number of hydrogen-bond donors (Lipinski definition) is 0. The zero-order valence-electron chi connectivity index (χ0n) is 17.4. The molecule has 0 radical (unpaired) electrons. The molecule has 5 heteroatoms. The third-order valence-corrected chi connectivity index (χ3v) is 6.51. The lowest BCUT2D eigenvalue weighted by atomic mass is 9.92. The number of benzene rings is 2. The Morgan fingerprint density at radius 1 is 0.867 bits per heavy atom. The molecule has 5 rings (SSSR count). The van der Waals surface area contributed by atoms with Crippen molar-refractivity contribution >= 4 is 0 Å². The van der Waals surface area contributed by atoms with Crippen LogP contribution >= 0.6 is 0 Å². The number of aromatic nitrogens is 2. The van der Waals surface area contributed by atoms with Crippen LogP contribution in [0.2, 0.25) is 0 Å². The van der Waals surface area contributed by atoms with E-state index in [0.717, 1.165) is 35.3 Å². The molecule has 0 atom stereocenters. The van der Waals surface area contributed by atoms with E-state index in [0.29, 0.717) is 11.8 Å². The molecule has 2 aliphatic rings. The Hall–Kier alpha value is -2.66. The van der Waals surface area contributed by atoms with Crippen molar-refractivity contribution in [3.63, 3.8) is 0 Å². The van der Waals surface area contributed by atoms with Crippen molar-refractivity contribution in [1.82, 2.24) is 15.0 Å². The fraction of sp³-hybridized carbons (Fsp3) is 0.440. The topological polar surface area (TPSA) is 51.4 Å². The van der Waals surface area contributed by atoms with Crippen LogP contribution in [-0.4, -0.2) is 34.2 Å². The molecule has 0 unspecified atom stereocenters. The molecule has 1 aromatic heterocycles. The van der Waals surface area contributed by atoms with Crippen molar-refractivity contribution in [3.8, 4) is 23.0 Å². The minimum atomic E-state index is 0.583. The first-order valence-electron chi connectivity index (χ1n) is 11.2. The summed E-state index contributed by atoms with van der Waals surface area (Å²) < 4.78 is 11.4. The molecule has 30 heavy (non-hydrogen) atoms. The van der Waals surface area contributed by atoms with E-state index in [4.69, 9.17) is 9.26 Å². The Labute approximate surface area is 178 Å². The van der Waals surface area contributed by atoms with Crippen LogP contribution < -0.4 is 4.74 Å². The summed E-state index contributed by atoms with van der Waals surface area (Å²) in [5.74, 6) is 3.69. The van der Waals surface area contributed by atoms with Crippen LogP contribution in [0.4, 0.5) is 0 Å². The Morgan fingerprint density at radius 3 is 2.30 bits per heavy atom. The van der Waals surface area contributed by atoms with E-state index < -0.39 is 0 Å². The van der Waals surface area contributed by atoms with E-state index in [2.05, 4.69) is 15.0 Å². The zero-order chi connectivity index (χ0) is 20.2. The molecule has 3 aromatic rings. The quantitative estimate of drug-likeness (QED) is 0.526. The molecule has 5 nitrogen and oxygen atoms in total. The van der Waals surface area contributed by atoms with Gasteiger partial charge in [0.15, 0.2) is 5.82 Å². The second-order valence-electron chi connectivity index (χ2n) is 8.58. The summed E-state index contributed by atoms with van der Waals surface area (Å²) in [7, 11) is 0. The monoisotopic (exact) mass is 403 g/mol. The van der Waals surface area contributed by atoms with Crippen LogP contribution in [0.1, 0.15) is 44.3 Å². The SMILES string of the molecule is c1ccc(Oc2ccc(-c3nc(CC4CCN(C5CCCC5)CC4)no3)cc2)cc1. The highest BCUT2D eigenvalue weighted by Crippen LogP contribution is 2.29. The van der Waals surface area contributed by atoms with Crippen LogP contribution in [0.25, 0.3) is 11.5 Å². The molecule has 0 N–H and O–H groups in total. The summed E-state index contributed by atoms with van der Waals surface area (Å²) in [5.41, 5.74) is 0.921. The first-order chi connectivity index (χ1) is 14.8. The summed E-state index contributed by atoms with van der Waals surface area (Å²) in [6, 6.07) is 18.4. The van der Waals surface area contributed by atoms with Crippen LogP contribution in [0, 0.1) is 5.92 Å². The number of ether oxygens (including phenoxy) is 1. The molecule has 1 aliphatic carbocycles. The Kier molecular flexibility index (Phi) is 5.80. The molecule has 156 valence electrons. The summed E-state index contributed by atoms with van der Waals surface area (Å²) in [5, 5.41) is 4.24. The van der Waals surface area contributed by atoms with Gasteiger partial charge in [0.05, 0.1) is 0 Å². The van der Waals surface area contributed by atoms with E-state index in [1.807, 2.05) is 54.6 Å². The minimum absolute atomic E-state index is 0.583. The minimum Gasteiger partial charge on any atom is -0.457 e. The first kappa shape index (κ1) is 19.3. The Bertz CT molecular complexity index is 925. The summed E-state index contributed by atoms with van der Waals surface area (Å²) in [6.45, 7) is 2.45. The number of rotatable bonds is 6. The average molecular weight is 404 g/mol. The molecule has 2 heterocycles. The lowest BCUT2D eigenvalue weighted by molar-refractivity contribution is 0.133. The number of hydrogen-bond acceptors (Lipinski definition) is 5. The second-order valence-corrected chi connectivity index (χ2v) is 8.58. The molecular formula is C25H29N3O2. The van der Waals surface area contributed by atoms with E-state index in [-0.39, 0.29) is 0 Å². The van der Waals surface area contributed by atoms with Crippen molar-refractivity contribution in [2.45, 2.75) is 51.0 Å². The average Bonchev–Trinajstić information content (AvgIpc) is 3.48. The molecule has 0 bridgehead atoms. The normalized spacial score (nSPS) is 18.7. The van der Waals surface area contributed by atoms with Crippen LogP contribution in [0.3, 0.4) is 0 Å². The van der Waals surface area contributed by atoms with Gasteiger partial charge in [0.25, 0.3) is 5.89 Å². The molecular weight excluding hydrogens is 374 g/mol. The highest BCUT2D eigenvalue weighted by Gasteiger charge is 2.27. The van der Waals surface area contributed by atoms with Gasteiger partial charge in [-0.25, -0.2) is 0 Å². The van der Waals surface area contributed by atoms with Gasteiger partial charge in [-0.3, -0.25) is 0 Å². The van der Waals surface area contributed by atoms with Crippen molar-refractivity contribution < 1.29 is 9.26 Å². The number of nitrogens with zero attached hydrogens (tertiary/aromatic N) is 3. The lowest BCUT2D eigenvalue weighted by Gasteiger charge is -2.35. The first-order valence-corrected chi connectivity index (χ1v) is 11.2. The third kappa shape index (κ3) is 4.57. The van der Waals surface area contributed by atoms with Gasteiger partial charge in [0.1, 0.15) is 11.5 Å². The maximum Gasteiger partial charge on any atom is 0.257 e. The van der Waals surface area contributed by atoms with Crippen LogP contribution in [0.15, 0.2) is 59.1 Å². The zero-order valence-corrected chi connectivity index (χ0v) is 17.4. The van der Waals surface area contributed by atoms with Gasteiger partial charge in [-0.15, -0.1) is 0 Å². The van der Waals surface area contributed by atoms with Crippen LogP contribution in [0.5, 0.6) is 11.5 Å². The Balaban J connectivity index is 1.16. The summed E-state index contributed by atoms with van der Waals surface area (Å²) >= 11 is 0. The lowest BCUT2D eigenvalue weighted by Crippen LogP contribution is -2.40. The van der Waals surface area contributed by atoms with E-state index in [9.17, 15) is 0 Å². The smallest absolute Gasteiger partial charge is 0.257 e. The van der Waals surface area contributed by atoms with Gasteiger partial charge in [-0.1, -0.05) is 36.2 Å². The van der Waals surface area contributed by atoms with Crippen molar-refractivity contribution in [3.05, 3.63) is 60.4 Å². The largest absolute Gasteiger partial charge is 0.457 e. The molecule has 0 spiro atoms. The number of piperidine rings is 1. The molecule has 1 saturated carbocycles. The van der Waals surface area contributed by atoms with Gasteiger partial charge in [0, 0.05) is 18.0 Å². The van der Waals surface area contributed by atoms with Gasteiger partial charge in [-0.2, -0.15) is 4.98 Å². The maximum atomic E-state index is 5.85. The number of para-hydroxylation sites is 1. The molecule has 1 saturated heterocycles. The van der Waals surface area contributed by atoms with Crippen molar-refractivity contribution in [2.75, 3.05) is 13.1 Å². The van der Waals surface area contributed by atoms with Gasteiger partial charge in [-0.05, 0) is 81.1 Å². The third-order valence-electron chi connectivity index (χ3n) is 6.51. The summed E-state index contributed by atoms with van der Waals surface area (Å²) in [6.07, 6.45) is 9.02. The molecule has 2 aromatic carbocycles. The van der Waals surface area contributed by atoms with E-state index in [1.54, 1.807) is 0 Å². The van der Waals surface area contributed by atoms with Gasteiger partial charge >= 0.3 is 0 Å². The molecule has 1 aliphatic heterocycles. The standard InChI is InChI=1S/C25H29N3O2/c1-2-8-22(9-3-1)29-23-12-10-20(11-13-23)25-26-24(27-30-25)18-19-14-16-28(17-15-19)21-6-4-5-7-21/h1-3,8-13,19,21H,4-7,14-18H2. The highest BCUT2D eigenvalue weighted by atomic mass is 16.5. The predicted octanol–water partition coefficient (Wildman–Crippen LogP) is 5.73. The highest BCUT2D eigenvalue weighted by molar-refractivity contribution is 5.54. The maximum absolute atomic E-state index is 5.85. The Morgan fingerprint density at radius 2 is 1.57 bits per heavy atom. The van der Waals surface area contributed by atoms with E-state index >= 15 is 0 Å². The van der Waals surface area contributed by atoms with Gasteiger partial charge in [0.2, 0.25) is 0 Å². The second kappa shape index (κ2) is 9.00. The van der Waals surface area contributed by atoms with Crippen LogP contribution in [-0.2, 0) is 6.42 Å². The molecule has 0 amide bonds. The van der Waals surface area contributed by atoms with Gasteiger partial charge < -0.3 is 14.2 Å². The summed E-state index contributed by atoms with van der Waals surface area (Å²) in [4.78, 5) is 7.37. The predicted molar refractivity (Wildman–Crippen MR) is 117 cm³/mol. The fourth-order valence-electron chi connectivity index (χ4n) is 4.79. The van der Waals surface area contributed by atoms with Crippen molar-refractivity contribution in [1.29, 1.82) is 0 Å². The van der Waals surface area contributed by atoms with E-state index in [1.165, 1.54) is 51.6 Å². The fourth-order valence-corrected chi connectivity index (χ4v) is 4.79. The number of likely N-dealkylation sites (tertiary alicyclic amines) is 1.